The molecule has 8 nitrogen and oxygen atoms in total. The van der Waals surface area contributed by atoms with E-state index in [9.17, 15) is 18.0 Å². The van der Waals surface area contributed by atoms with Gasteiger partial charge in [0.15, 0.2) is 4.91 Å². The quantitative estimate of drug-likeness (QED) is 0.613. The zero-order valence-electron chi connectivity index (χ0n) is 10.2. The molecule has 106 valence electrons. The molecule has 0 aromatic carbocycles. The zero-order chi connectivity index (χ0) is 14.4. The van der Waals surface area contributed by atoms with E-state index in [1.807, 2.05) is 0 Å². The van der Waals surface area contributed by atoms with E-state index in [0.29, 0.717) is 0 Å². The predicted molar refractivity (Wildman–Crippen MR) is 63.9 cm³/mol. The van der Waals surface area contributed by atoms with E-state index < -0.39 is 38.6 Å². The minimum absolute atomic E-state index is 0.155. The summed E-state index contributed by atoms with van der Waals surface area (Å²) in [6.07, 6.45) is 0.570. The van der Waals surface area contributed by atoms with Crippen LogP contribution in [0.15, 0.2) is 11.0 Å². The third kappa shape index (κ3) is 2.30. The van der Waals surface area contributed by atoms with Gasteiger partial charge in [0.2, 0.25) is 10.0 Å². The van der Waals surface area contributed by atoms with Crippen molar-refractivity contribution in [3.05, 3.63) is 11.0 Å². The van der Waals surface area contributed by atoms with Crippen LogP contribution < -0.4 is 4.72 Å². The highest BCUT2D eigenvalue weighted by Crippen LogP contribution is 2.35. The van der Waals surface area contributed by atoms with E-state index in [-0.39, 0.29) is 19.4 Å². The van der Waals surface area contributed by atoms with Gasteiger partial charge in [-0.15, -0.1) is 0 Å². The normalized spacial score (nSPS) is 33.2. The van der Waals surface area contributed by atoms with Crippen LogP contribution in [0.1, 0.15) is 19.8 Å². The number of amides is 1. The van der Waals surface area contributed by atoms with Gasteiger partial charge in [-0.3, -0.25) is 0 Å². The van der Waals surface area contributed by atoms with Crippen LogP contribution in [0.3, 0.4) is 0 Å². The lowest BCUT2D eigenvalue weighted by atomic mass is 9.84. The van der Waals surface area contributed by atoms with Gasteiger partial charge in [0.25, 0.3) is 0 Å². The molecule has 0 aromatic heterocycles. The van der Waals surface area contributed by atoms with Crippen molar-refractivity contribution < 1.29 is 28.2 Å². The average Bonchev–Trinajstić information content (AvgIpc) is 2.49. The Morgan fingerprint density at radius 1 is 1.47 bits per heavy atom. The van der Waals surface area contributed by atoms with E-state index in [2.05, 4.69) is 4.72 Å². The highest BCUT2D eigenvalue weighted by molar-refractivity contribution is 7.94. The van der Waals surface area contributed by atoms with Gasteiger partial charge in [-0.2, -0.15) is 0 Å². The fourth-order valence-corrected chi connectivity index (χ4v) is 4.15. The van der Waals surface area contributed by atoms with Crippen LogP contribution in [0.25, 0.3) is 0 Å². The summed E-state index contributed by atoms with van der Waals surface area (Å²) in [6.45, 7) is 1.82. The lowest BCUT2D eigenvalue weighted by Crippen LogP contribution is -2.55. The molecule has 1 spiro atoms. The van der Waals surface area contributed by atoms with Crippen molar-refractivity contribution in [1.82, 2.24) is 9.62 Å². The largest absolute Gasteiger partial charge is 0.477 e. The lowest BCUT2D eigenvalue weighted by molar-refractivity contribution is -0.131. The molecule has 19 heavy (non-hydrogen) atoms. The van der Waals surface area contributed by atoms with E-state index in [0.717, 1.165) is 0 Å². The Morgan fingerprint density at radius 3 is 2.53 bits per heavy atom. The number of hydrogen-bond acceptors (Lipinski definition) is 4. The first kappa shape index (κ1) is 13.8. The highest BCUT2D eigenvalue weighted by atomic mass is 32.2. The minimum atomic E-state index is -4.01. The lowest BCUT2D eigenvalue weighted by Gasteiger charge is -2.41. The molecule has 0 bridgehead atoms. The minimum Gasteiger partial charge on any atom is -0.477 e. The van der Waals surface area contributed by atoms with Crippen LogP contribution in [0.5, 0.6) is 0 Å². The summed E-state index contributed by atoms with van der Waals surface area (Å²) in [5.41, 5.74) is -0.988. The molecule has 9 heteroatoms. The van der Waals surface area contributed by atoms with Crippen LogP contribution in [-0.2, 0) is 14.8 Å². The monoisotopic (exact) mass is 290 g/mol. The van der Waals surface area contributed by atoms with Crippen molar-refractivity contribution in [2.75, 3.05) is 6.54 Å². The number of hydrogen-bond donors (Lipinski definition) is 3. The van der Waals surface area contributed by atoms with Crippen LogP contribution in [-0.4, -0.2) is 53.7 Å². The molecule has 2 atom stereocenters. The van der Waals surface area contributed by atoms with E-state index in [1.165, 1.54) is 11.0 Å². The molecule has 0 aromatic rings. The van der Waals surface area contributed by atoms with Gasteiger partial charge in [0.05, 0.1) is 5.54 Å². The van der Waals surface area contributed by atoms with E-state index >= 15 is 0 Å². The smallest absolute Gasteiger partial charge is 0.407 e. The standard InChI is InChI=1S/C10H14N2O6S/c1-6-4-10(2-3-12(6)9(15)16)5-7(8(13)14)19(17,18)11-10/h5-6,11H,2-4H2,1H3,(H,13,14)(H,15,16)/t6-,10+/m0/s1. The maximum Gasteiger partial charge on any atom is 0.407 e. The van der Waals surface area contributed by atoms with Crippen LogP contribution in [0.2, 0.25) is 0 Å². The van der Waals surface area contributed by atoms with Gasteiger partial charge in [0, 0.05) is 12.6 Å². The number of piperidine rings is 1. The van der Waals surface area contributed by atoms with Crippen LogP contribution >= 0.6 is 0 Å². The molecular formula is C10H14N2O6S. The maximum absolute atomic E-state index is 11.7. The topological polar surface area (TPSA) is 124 Å². The number of aliphatic carboxylic acids is 1. The molecule has 2 rings (SSSR count). The van der Waals surface area contributed by atoms with Crippen molar-refractivity contribution in [2.45, 2.75) is 31.3 Å². The Hall–Kier alpha value is -1.61. The van der Waals surface area contributed by atoms with Crippen molar-refractivity contribution in [1.29, 1.82) is 0 Å². The summed E-state index contributed by atoms with van der Waals surface area (Å²) < 4.78 is 25.8. The highest BCUT2D eigenvalue weighted by Gasteiger charge is 2.48. The summed E-state index contributed by atoms with van der Waals surface area (Å²) in [6, 6.07) is -0.390. The second kappa shape index (κ2) is 4.20. The van der Waals surface area contributed by atoms with Crippen LogP contribution in [0.4, 0.5) is 4.79 Å². The third-order valence-corrected chi connectivity index (χ3v) is 5.03. The number of sulfonamides is 1. The molecule has 2 aliphatic rings. The van der Waals surface area contributed by atoms with Crippen molar-refractivity contribution in [2.24, 2.45) is 0 Å². The van der Waals surface area contributed by atoms with Gasteiger partial charge in [-0.1, -0.05) is 0 Å². The van der Waals surface area contributed by atoms with Crippen molar-refractivity contribution in [3.63, 3.8) is 0 Å². The number of rotatable bonds is 1. The first-order valence-corrected chi connectivity index (χ1v) is 7.15. The number of nitrogens with one attached hydrogen (secondary N) is 1. The number of carboxylic acid groups (broad SMARTS) is 2. The molecule has 2 heterocycles. The number of carboxylic acids is 1. The fraction of sp³-hybridized carbons (Fsp3) is 0.600. The summed E-state index contributed by atoms with van der Waals surface area (Å²) in [5, 5.41) is 17.8. The Morgan fingerprint density at radius 2 is 2.11 bits per heavy atom. The molecule has 0 aliphatic carbocycles. The summed E-state index contributed by atoms with van der Waals surface area (Å²) in [5.74, 6) is -1.50. The van der Waals surface area contributed by atoms with Crippen molar-refractivity contribution >= 4 is 22.1 Å². The Bertz CT molecular complexity index is 569. The molecule has 1 saturated heterocycles. The first-order chi connectivity index (χ1) is 8.67. The van der Waals surface area contributed by atoms with Crippen molar-refractivity contribution in [3.8, 4) is 0 Å². The van der Waals surface area contributed by atoms with Gasteiger partial charge in [0.1, 0.15) is 0 Å². The molecule has 3 N–H and O–H groups in total. The third-order valence-electron chi connectivity index (χ3n) is 3.48. The van der Waals surface area contributed by atoms with Gasteiger partial charge < -0.3 is 15.1 Å². The number of carbonyl (C=O) groups is 2. The van der Waals surface area contributed by atoms with Gasteiger partial charge in [-0.25, -0.2) is 22.7 Å². The Kier molecular flexibility index (Phi) is 3.06. The van der Waals surface area contributed by atoms with E-state index in [4.69, 9.17) is 10.2 Å². The average molecular weight is 290 g/mol. The molecule has 2 aliphatic heterocycles. The van der Waals surface area contributed by atoms with Crippen LogP contribution in [0, 0.1) is 0 Å². The van der Waals surface area contributed by atoms with Gasteiger partial charge in [-0.05, 0) is 25.8 Å². The molecule has 1 fully saturated rings. The SMILES string of the molecule is C[C@H]1C[C@@]2(C=C(C(=O)O)S(=O)(=O)N2)CCN1C(=O)O. The predicted octanol–water partition coefficient (Wildman–Crippen LogP) is -0.211. The number of nitrogens with zero attached hydrogens (tertiary/aromatic N) is 1. The Balaban J connectivity index is 2.29. The molecule has 0 saturated carbocycles. The molecular weight excluding hydrogens is 276 g/mol. The summed E-state index contributed by atoms with van der Waals surface area (Å²) >= 11 is 0. The zero-order valence-corrected chi connectivity index (χ0v) is 11.0. The molecule has 0 unspecified atom stereocenters. The second-order valence-electron chi connectivity index (χ2n) is 4.85. The molecule has 1 amide bonds. The summed E-state index contributed by atoms with van der Waals surface area (Å²) in [4.78, 5) is 22.4. The fourth-order valence-electron chi connectivity index (χ4n) is 2.64. The summed E-state index contributed by atoms with van der Waals surface area (Å²) in [7, 11) is -4.01. The Labute approximate surface area is 109 Å². The maximum atomic E-state index is 11.7. The molecule has 0 radical (unpaired) electrons. The first-order valence-electron chi connectivity index (χ1n) is 5.67. The number of likely N-dealkylation sites (tertiary alicyclic amines) is 1. The van der Waals surface area contributed by atoms with Gasteiger partial charge >= 0.3 is 12.1 Å². The van der Waals surface area contributed by atoms with E-state index in [1.54, 1.807) is 6.92 Å². The second-order valence-corrected chi connectivity index (χ2v) is 6.51.